The van der Waals surface area contributed by atoms with Gasteiger partial charge in [0.05, 0.1) is 0 Å². The molecule has 4 nitrogen and oxygen atoms in total. The third-order valence-electron chi connectivity index (χ3n) is 3.21. The fraction of sp³-hybridized carbons (Fsp3) is 0.250. The lowest BCUT2D eigenvalue weighted by atomic mass is 10.1. The molecule has 20 heavy (non-hydrogen) atoms. The molecule has 0 bridgehead atoms. The Labute approximate surface area is 118 Å². The normalized spacial score (nSPS) is 10.3. The fourth-order valence-electron chi connectivity index (χ4n) is 2.00. The third kappa shape index (κ3) is 3.57. The molecule has 0 radical (unpaired) electrons. The van der Waals surface area contributed by atoms with Gasteiger partial charge in [-0.15, -0.1) is 0 Å². The summed E-state index contributed by atoms with van der Waals surface area (Å²) in [6, 6.07) is 7.25. The smallest absolute Gasteiger partial charge is 0.224 e. The zero-order valence-corrected chi connectivity index (χ0v) is 11.7. The summed E-state index contributed by atoms with van der Waals surface area (Å²) in [6.45, 7) is 3.74. The average molecular weight is 270 g/mol. The van der Waals surface area contributed by atoms with E-state index in [1.807, 2.05) is 32.0 Å². The van der Waals surface area contributed by atoms with Gasteiger partial charge in [0.15, 0.2) is 0 Å². The van der Waals surface area contributed by atoms with E-state index in [1.54, 1.807) is 18.5 Å². The van der Waals surface area contributed by atoms with Crippen molar-refractivity contribution in [3.63, 3.8) is 0 Å². The maximum atomic E-state index is 11.9. The van der Waals surface area contributed by atoms with Gasteiger partial charge in [-0.1, -0.05) is 6.07 Å². The minimum Gasteiger partial charge on any atom is -0.508 e. The van der Waals surface area contributed by atoms with Crippen molar-refractivity contribution in [3.8, 4) is 5.75 Å². The number of amides is 1. The highest BCUT2D eigenvalue weighted by Crippen LogP contribution is 2.25. The maximum absolute atomic E-state index is 11.9. The Bertz CT molecular complexity index is 609. The highest BCUT2D eigenvalue weighted by molar-refractivity contribution is 5.91. The van der Waals surface area contributed by atoms with Gasteiger partial charge in [0.1, 0.15) is 5.75 Å². The van der Waals surface area contributed by atoms with Crippen LogP contribution < -0.4 is 5.32 Å². The van der Waals surface area contributed by atoms with Crippen molar-refractivity contribution in [2.75, 3.05) is 5.32 Å². The molecule has 0 aliphatic rings. The summed E-state index contributed by atoms with van der Waals surface area (Å²) < 4.78 is 0. The molecular formula is C16H18N2O2. The number of aromatic nitrogens is 1. The van der Waals surface area contributed by atoms with Gasteiger partial charge >= 0.3 is 0 Å². The van der Waals surface area contributed by atoms with Crippen LogP contribution in [0.25, 0.3) is 0 Å². The van der Waals surface area contributed by atoms with Gasteiger partial charge in [-0.25, -0.2) is 0 Å². The molecule has 4 heteroatoms. The number of nitrogens with zero attached hydrogens (tertiary/aromatic N) is 1. The summed E-state index contributed by atoms with van der Waals surface area (Å²) in [5.74, 6) is 0.133. The van der Waals surface area contributed by atoms with Crippen LogP contribution >= 0.6 is 0 Å². The highest BCUT2D eigenvalue weighted by Gasteiger charge is 2.08. The second kappa shape index (κ2) is 6.19. The van der Waals surface area contributed by atoms with E-state index in [4.69, 9.17) is 0 Å². The number of pyridine rings is 1. The summed E-state index contributed by atoms with van der Waals surface area (Å²) in [4.78, 5) is 15.9. The first kappa shape index (κ1) is 14.1. The maximum Gasteiger partial charge on any atom is 0.224 e. The molecule has 0 aliphatic carbocycles. The Balaban J connectivity index is 1.97. The number of phenols is 1. The minimum atomic E-state index is -0.0619. The number of rotatable bonds is 4. The molecule has 2 aromatic rings. The van der Waals surface area contributed by atoms with E-state index in [0.29, 0.717) is 18.5 Å². The summed E-state index contributed by atoms with van der Waals surface area (Å²) in [5.41, 5.74) is 3.49. The van der Waals surface area contributed by atoms with Gasteiger partial charge in [-0.3, -0.25) is 9.78 Å². The molecule has 1 amide bonds. The molecule has 104 valence electrons. The Morgan fingerprint density at radius 1 is 1.20 bits per heavy atom. The number of hydrogen-bond donors (Lipinski definition) is 2. The topological polar surface area (TPSA) is 62.2 Å². The molecule has 1 heterocycles. The van der Waals surface area contributed by atoms with Crippen LogP contribution in [0.5, 0.6) is 5.75 Å². The molecule has 0 saturated carbocycles. The Morgan fingerprint density at radius 3 is 2.60 bits per heavy atom. The first-order chi connectivity index (χ1) is 9.56. The number of aryl methyl sites for hydroxylation is 3. The van der Waals surface area contributed by atoms with Crippen LogP contribution in [0, 0.1) is 13.8 Å². The molecule has 0 aliphatic heterocycles. The summed E-state index contributed by atoms with van der Waals surface area (Å²) in [5, 5.41) is 12.5. The Hall–Kier alpha value is -2.36. The molecule has 2 N–H and O–H groups in total. The van der Waals surface area contributed by atoms with E-state index in [1.165, 1.54) is 0 Å². The molecule has 1 aromatic carbocycles. The van der Waals surface area contributed by atoms with Gasteiger partial charge in [0.25, 0.3) is 0 Å². The molecular weight excluding hydrogens is 252 g/mol. The predicted molar refractivity (Wildman–Crippen MR) is 78.8 cm³/mol. The van der Waals surface area contributed by atoms with Crippen LogP contribution in [0.1, 0.15) is 23.1 Å². The number of phenolic OH excluding ortho intramolecular Hbond substituents is 1. The van der Waals surface area contributed by atoms with E-state index in [2.05, 4.69) is 10.3 Å². The molecule has 0 spiro atoms. The monoisotopic (exact) mass is 270 g/mol. The van der Waals surface area contributed by atoms with E-state index < -0.39 is 0 Å². The Morgan fingerprint density at radius 2 is 1.90 bits per heavy atom. The largest absolute Gasteiger partial charge is 0.508 e. The van der Waals surface area contributed by atoms with Crippen LogP contribution in [0.2, 0.25) is 0 Å². The molecule has 2 rings (SSSR count). The number of anilines is 1. The van der Waals surface area contributed by atoms with Gasteiger partial charge < -0.3 is 10.4 Å². The lowest BCUT2D eigenvalue weighted by molar-refractivity contribution is -0.116. The van der Waals surface area contributed by atoms with Crippen molar-refractivity contribution < 1.29 is 9.90 Å². The lowest BCUT2D eigenvalue weighted by Gasteiger charge is -2.10. The van der Waals surface area contributed by atoms with Crippen molar-refractivity contribution in [1.29, 1.82) is 0 Å². The van der Waals surface area contributed by atoms with Crippen molar-refractivity contribution in [1.82, 2.24) is 4.98 Å². The molecule has 1 aromatic heterocycles. The zero-order valence-electron chi connectivity index (χ0n) is 11.7. The fourth-order valence-corrected chi connectivity index (χ4v) is 2.00. The predicted octanol–water partition coefficient (Wildman–Crippen LogP) is 2.98. The average Bonchev–Trinajstić information content (AvgIpc) is 2.44. The van der Waals surface area contributed by atoms with Gasteiger partial charge in [-0.05, 0) is 49.1 Å². The van der Waals surface area contributed by atoms with Crippen molar-refractivity contribution >= 4 is 11.6 Å². The second-order valence-corrected chi connectivity index (χ2v) is 4.86. The molecule has 0 unspecified atom stereocenters. The van der Waals surface area contributed by atoms with Crippen LogP contribution in [-0.2, 0) is 11.2 Å². The number of aromatic hydroxyl groups is 1. The molecule has 0 saturated heterocycles. The lowest BCUT2D eigenvalue weighted by Crippen LogP contribution is -2.13. The zero-order chi connectivity index (χ0) is 14.5. The molecule has 0 fully saturated rings. The number of benzene rings is 1. The molecule has 0 atom stereocenters. The number of carbonyl (C=O) groups is 1. The van der Waals surface area contributed by atoms with Gasteiger partial charge in [-0.2, -0.15) is 0 Å². The van der Waals surface area contributed by atoms with Gasteiger partial charge in [0.2, 0.25) is 5.91 Å². The van der Waals surface area contributed by atoms with E-state index in [0.717, 1.165) is 16.7 Å². The van der Waals surface area contributed by atoms with Crippen molar-refractivity contribution in [2.45, 2.75) is 26.7 Å². The van der Waals surface area contributed by atoms with E-state index in [-0.39, 0.29) is 11.7 Å². The van der Waals surface area contributed by atoms with Crippen molar-refractivity contribution in [3.05, 3.63) is 53.3 Å². The summed E-state index contributed by atoms with van der Waals surface area (Å²) in [6.07, 6.45) is 4.51. The van der Waals surface area contributed by atoms with Crippen LogP contribution in [0.15, 0.2) is 36.7 Å². The third-order valence-corrected chi connectivity index (χ3v) is 3.21. The highest BCUT2D eigenvalue weighted by atomic mass is 16.3. The van der Waals surface area contributed by atoms with Crippen molar-refractivity contribution in [2.24, 2.45) is 0 Å². The summed E-state index contributed by atoms with van der Waals surface area (Å²) >= 11 is 0. The summed E-state index contributed by atoms with van der Waals surface area (Å²) in [7, 11) is 0. The number of nitrogens with one attached hydrogen (secondary N) is 1. The minimum absolute atomic E-state index is 0.0619. The van der Waals surface area contributed by atoms with Crippen LogP contribution in [0.4, 0.5) is 5.69 Å². The Kier molecular flexibility index (Phi) is 4.35. The van der Waals surface area contributed by atoms with Gasteiger partial charge in [0, 0.05) is 30.6 Å². The second-order valence-electron chi connectivity index (χ2n) is 4.86. The van der Waals surface area contributed by atoms with E-state index in [9.17, 15) is 9.90 Å². The standard InChI is InChI=1S/C16H18N2O2/c1-11-9-12(2)15(19)10-14(11)18-16(20)4-3-13-5-7-17-8-6-13/h5-10,19H,3-4H2,1-2H3,(H,18,20). The quantitative estimate of drug-likeness (QED) is 0.897. The SMILES string of the molecule is Cc1cc(C)c(NC(=O)CCc2ccncc2)cc1O. The van der Waals surface area contributed by atoms with Crippen LogP contribution in [0.3, 0.4) is 0 Å². The first-order valence-corrected chi connectivity index (χ1v) is 6.55. The van der Waals surface area contributed by atoms with Crippen LogP contribution in [-0.4, -0.2) is 16.0 Å². The van der Waals surface area contributed by atoms with E-state index >= 15 is 0 Å². The number of hydrogen-bond acceptors (Lipinski definition) is 3. The first-order valence-electron chi connectivity index (χ1n) is 6.55. The number of carbonyl (C=O) groups excluding carboxylic acids is 1.